The van der Waals surface area contributed by atoms with Crippen LogP contribution in [0.25, 0.3) is 0 Å². The quantitative estimate of drug-likeness (QED) is 0.244. The molecular weight excluding hydrogens is 668 g/mol. The Hall–Kier alpha value is -2.37. The molecule has 1 N–H and O–H groups in total. The van der Waals surface area contributed by atoms with E-state index in [0.717, 1.165) is 5.75 Å². The zero-order chi connectivity index (χ0) is 30.3. The Morgan fingerprint density at radius 3 is 2.43 bits per heavy atom. The first kappa shape index (κ1) is 31.1. The van der Waals surface area contributed by atoms with Gasteiger partial charge in [0.1, 0.15) is 12.4 Å². The molecule has 0 saturated heterocycles. The molecule has 0 radical (unpaired) electrons. The van der Waals surface area contributed by atoms with Crippen LogP contribution in [0.3, 0.4) is 0 Å². The van der Waals surface area contributed by atoms with Crippen LogP contribution in [0.1, 0.15) is 40.0 Å². The van der Waals surface area contributed by atoms with Gasteiger partial charge < -0.3 is 14.8 Å². The van der Waals surface area contributed by atoms with E-state index in [2.05, 4.69) is 45.0 Å². The third kappa shape index (κ3) is 6.58. The first-order valence-corrected chi connectivity index (χ1v) is 17.8. The fourth-order valence-electron chi connectivity index (χ4n) is 4.90. The Morgan fingerprint density at radius 1 is 1.12 bits per heavy atom. The molecule has 224 valence electrons. The maximum Gasteiger partial charge on any atom is 0.407 e. The second-order valence-corrected chi connectivity index (χ2v) is 17.8. The second kappa shape index (κ2) is 12.0. The van der Waals surface area contributed by atoms with Gasteiger partial charge in [-0.05, 0) is 68.0 Å². The molecule has 5 rings (SSSR count). The van der Waals surface area contributed by atoms with Gasteiger partial charge in [-0.2, -0.15) is 0 Å². The maximum atomic E-state index is 16.0. The Morgan fingerprint density at radius 2 is 1.81 bits per heavy atom. The number of carbonyl (C=O) groups is 2. The monoisotopic (exact) mass is 697 g/mol. The summed E-state index contributed by atoms with van der Waals surface area (Å²) < 4.78 is 28.6. The van der Waals surface area contributed by atoms with Crippen molar-refractivity contribution in [3.63, 3.8) is 0 Å². The predicted octanol–water partition coefficient (Wildman–Crippen LogP) is 7.12. The molecule has 1 atom stereocenters. The summed E-state index contributed by atoms with van der Waals surface area (Å²) in [6.07, 6.45) is 8.72. The summed E-state index contributed by atoms with van der Waals surface area (Å²) in [5.74, 6) is -0.250. The summed E-state index contributed by atoms with van der Waals surface area (Å²) in [4.78, 5) is 32.6. The number of ether oxygens (including phenoxy) is 2. The van der Waals surface area contributed by atoms with Crippen LogP contribution in [0, 0.1) is 5.82 Å². The molecule has 1 unspecified atom stereocenters. The van der Waals surface area contributed by atoms with Crippen LogP contribution in [-0.4, -0.2) is 65.2 Å². The topological polar surface area (TPSA) is 80.8 Å². The van der Waals surface area contributed by atoms with E-state index in [4.69, 9.17) is 32.7 Å². The van der Waals surface area contributed by atoms with E-state index in [-0.39, 0.29) is 24.3 Å². The molecule has 0 spiro atoms. The lowest BCUT2D eigenvalue weighted by atomic mass is 9.92. The van der Waals surface area contributed by atoms with E-state index in [9.17, 15) is 9.59 Å². The van der Waals surface area contributed by atoms with Crippen molar-refractivity contribution in [3.8, 4) is 0 Å². The molecule has 42 heavy (non-hydrogen) atoms. The lowest BCUT2D eigenvalue weighted by Gasteiger charge is -2.40. The highest BCUT2D eigenvalue weighted by atomic mass is 79.9. The highest BCUT2D eigenvalue weighted by Gasteiger charge is 2.57. The SMILES string of the molecule is CS(C)(C)CCOC(=O)NC1(COC2(c3ccc(Cl)cc3)c3c(F)cc(Br)cc3C(=O)N2Cc2ccc(Cl)cn2)CC1. The largest absolute Gasteiger partial charge is 0.449 e. The molecule has 0 bridgehead atoms. The van der Waals surface area contributed by atoms with Gasteiger partial charge in [-0.1, -0.05) is 51.3 Å². The third-order valence-corrected chi connectivity index (χ3v) is 9.63. The van der Waals surface area contributed by atoms with Crippen LogP contribution >= 0.6 is 49.2 Å². The Labute approximate surface area is 264 Å². The van der Waals surface area contributed by atoms with E-state index >= 15 is 4.39 Å². The van der Waals surface area contributed by atoms with Gasteiger partial charge in [-0.3, -0.25) is 14.7 Å². The van der Waals surface area contributed by atoms with Crippen LogP contribution in [0.5, 0.6) is 0 Å². The van der Waals surface area contributed by atoms with Gasteiger partial charge in [0.05, 0.1) is 40.5 Å². The van der Waals surface area contributed by atoms with Crippen LogP contribution in [0.15, 0.2) is 59.2 Å². The van der Waals surface area contributed by atoms with Crippen molar-refractivity contribution in [2.75, 3.05) is 37.7 Å². The number of hydrogen-bond donors (Lipinski definition) is 1. The van der Waals surface area contributed by atoms with E-state index in [1.54, 1.807) is 42.5 Å². The van der Waals surface area contributed by atoms with E-state index in [1.165, 1.54) is 17.2 Å². The van der Waals surface area contributed by atoms with Crippen molar-refractivity contribution >= 4 is 61.2 Å². The van der Waals surface area contributed by atoms with Gasteiger partial charge in [0.15, 0.2) is 5.72 Å². The van der Waals surface area contributed by atoms with Crippen molar-refractivity contribution in [2.24, 2.45) is 0 Å². The summed E-state index contributed by atoms with van der Waals surface area (Å²) in [7, 11) is -0.814. The first-order valence-electron chi connectivity index (χ1n) is 13.2. The average molecular weight is 699 g/mol. The first-order chi connectivity index (χ1) is 19.8. The number of nitrogens with zero attached hydrogens (tertiary/aromatic N) is 2. The summed E-state index contributed by atoms with van der Waals surface area (Å²) in [6, 6.07) is 13.0. The number of alkyl carbamates (subject to hydrolysis) is 1. The number of carbonyl (C=O) groups excluding carboxylic acids is 2. The Kier molecular flexibility index (Phi) is 8.85. The maximum absolute atomic E-state index is 16.0. The van der Waals surface area contributed by atoms with E-state index in [1.807, 2.05) is 0 Å². The van der Waals surface area contributed by atoms with Gasteiger partial charge in [-0.15, -0.1) is 0 Å². The number of pyridine rings is 1. The molecule has 2 aliphatic rings. The van der Waals surface area contributed by atoms with Crippen molar-refractivity contribution in [3.05, 3.63) is 97.4 Å². The Bertz CT molecular complexity index is 1500. The van der Waals surface area contributed by atoms with E-state index < -0.39 is 39.1 Å². The van der Waals surface area contributed by atoms with E-state index in [0.29, 0.717) is 45.2 Å². The Balaban J connectivity index is 1.53. The highest BCUT2D eigenvalue weighted by Crippen LogP contribution is 2.50. The number of nitrogens with one attached hydrogen (secondary N) is 1. The lowest BCUT2D eigenvalue weighted by molar-refractivity contribution is -0.121. The molecular formula is C30H31BrCl2FN3O4S. The molecule has 12 heteroatoms. The molecule has 1 aliphatic carbocycles. The summed E-state index contributed by atoms with van der Waals surface area (Å²) in [6.45, 7) is 0.324. The predicted molar refractivity (Wildman–Crippen MR) is 168 cm³/mol. The standard InChI is InChI=1S/C30H31BrCl2FN3O4S/c1-42(2,3)13-12-40-28(39)36-29(10-11-29)18-41-30(19-4-6-21(32)7-5-19)26-24(14-20(31)15-25(26)34)27(38)37(30)17-23-9-8-22(33)16-35-23/h4-9,14-16H,10-13,17-18H2,1-3H3,(H,36,39). The van der Waals surface area contributed by atoms with Crippen molar-refractivity contribution in [1.82, 2.24) is 15.2 Å². The minimum atomic E-state index is -1.68. The zero-order valence-electron chi connectivity index (χ0n) is 23.4. The molecule has 2 amide bonds. The van der Waals surface area contributed by atoms with Crippen LogP contribution in [0.4, 0.5) is 9.18 Å². The number of benzene rings is 2. The zero-order valence-corrected chi connectivity index (χ0v) is 27.3. The number of aromatic nitrogens is 1. The number of fused-ring (bicyclic) bond motifs is 1. The molecule has 1 saturated carbocycles. The van der Waals surface area contributed by atoms with Gasteiger partial charge >= 0.3 is 6.09 Å². The minimum absolute atomic E-state index is 0.00196. The number of hydrogen-bond acceptors (Lipinski definition) is 5. The summed E-state index contributed by atoms with van der Waals surface area (Å²) in [5.41, 5.74) is -1.12. The highest BCUT2D eigenvalue weighted by molar-refractivity contribution is 9.10. The lowest BCUT2D eigenvalue weighted by Crippen LogP contribution is -2.50. The van der Waals surface area contributed by atoms with Crippen LogP contribution in [0.2, 0.25) is 10.0 Å². The number of amides is 2. The molecule has 7 nitrogen and oxygen atoms in total. The van der Waals surface area contributed by atoms with Gasteiger partial charge in [0, 0.05) is 27.0 Å². The molecule has 1 aromatic heterocycles. The average Bonchev–Trinajstić information content (AvgIpc) is 3.63. The molecule has 2 aromatic carbocycles. The minimum Gasteiger partial charge on any atom is -0.449 e. The summed E-state index contributed by atoms with van der Waals surface area (Å²) in [5, 5.41) is 3.88. The van der Waals surface area contributed by atoms with Crippen molar-refractivity contribution < 1.29 is 23.5 Å². The number of halogens is 4. The molecule has 3 aromatic rings. The fourth-order valence-corrected chi connectivity index (χ4v) is 6.15. The van der Waals surface area contributed by atoms with Crippen molar-refractivity contribution in [2.45, 2.75) is 30.7 Å². The van der Waals surface area contributed by atoms with Gasteiger partial charge in [-0.25, -0.2) is 19.2 Å². The van der Waals surface area contributed by atoms with Crippen molar-refractivity contribution in [1.29, 1.82) is 0 Å². The van der Waals surface area contributed by atoms with Crippen LogP contribution < -0.4 is 5.32 Å². The molecule has 2 heterocycles. The normalized spacial score (nSPS) is 19.4. The van der Waals surface area contributed by atoms with Gasteiger partial charge in [0.25, 0.3) is 5.91 Å². The fraction of sp³-hybridized carbons (Fsp3) is 0.367. The van der Waals surface area contributed by atoms with Crippen LogP contribution in [-0.2, 0) is 21.7 Å². The van der Waals surface area contributed by atoms with Gasteiger partial charge in [0.2, 0.25) is 0 Å². The molecule has 1 fully saturated rings. The second-order valence-electron chi connectivity index (χ2n) is 11.4. The smallest absolute Gasteiger partial charge is 0.407 e. The number of rotatable bonds is 10. The molecule has 1 aliphatic heterocycles. The summed E-state index contributed by atoms with van der Waals surface area (Å²) >= 11 is 15.6. The third-order valence-electron chi connectivity index (χ3n) is 7.30.